The van der Waals surface area contributed by atoms with Gasteiger partial charge in [0.05, 0.1) is 0 Å². The largest absolute Gasteiger partial charge is 0.368 e. The van der Waals surface area contributed by atoms with Crippen molar-refractivity contribution in [3.63, 3.8) is 0 Å². The van der Waals surface area contributed by atoms with Gasteiger partial charge in [-0.25, -0.2) is 4.37 Å². The Labute approximate surface area is 129 Å². The highest BCUT2D eigenvalue weighted by molar-refractivity contribution is 7.08. The van der Waals surface area contributed by atoms with Crippen LogP contribution >= 0.6 is 11.5 Å². The first-order chi connectivity index (χ1) is 10.2. The first kappa shape index (κ1) is 14.1. The molecule has 1 aromatic carbocycles. The highest BCUT2D eigenvalue weighted by Crippen LogP contribution is 2.24. The van der Waals surface area contributed by atoms with Gasteiger partial charge < -0.3 is 9.80 Å². The molecular formula is C16H19N3OS. The van der Waals surface area contributed by atoms with Crippen LogP contribution in [0.2, 0.25) is 0 Å². The lowest BCUT2D eigenvalue weighted by Crippen LogP contribution is -2.48. The number of carbonyl (C=O) groups excluding carboxylic acids is 1. The number of benzene rings is 1. The Hall–Kier alpha value is -1.88. The Morgan fingerprint density at radius 1 is 1.14 bits per heavy atom. The molecule has 1 saturated heterocycles. The van der Waals surface area contributed by atoms with E-state index in [2.05, 4.69) is 41.3 Å². The highest BCUT2D eigenvalue weighted by Gasteiger charge is 2.23. The molecule has 1 aromatic heterocycles. The first-order valence-electron chi connectivity index (χ1n) is 7.18. The maximum Gasteiger partial charge on any atom is 0.265 e. The molecular weight excluding hydrogens is 282 g/mol. The van der Waals surface area contributed by atoms with Crippen molar-refractivity contribution < 1.29 is 4.79 Å². The Morgan fingerprint density at radius 2 is 1.90 bits per heavy atom. The van der Waals surface area contributed by atoms with Crippen molar-refractivity contribution in [2.75, 3.05) is 31.1 Å². The average molecular weight is 301 g/mol. The summed E-state index contributed by atoms with van der Waals surface area (Å²) in [5.41, 5.74) is 3.94. The van der Waals surface area contributed by atoms with Gasteiger partial charge >= 0.3 is 0 Å². The van der Waals surface area contributed by atoms with Crippen LogP contribution in [0.4, 0.5) is 5.69 Å². The van der Waals surface area contributed by atoms with E-state index in [4.69, 9.17) is 0 Å². The number of nitrogens with zero attached hydrogens (tertiary/aromatic N) is 3. The molecule has 2 aromatic rings. The summed E-state index contributed by atoms with van der Waals surface area (Å²) in [6.07, 6.45) is 1.68. The minimum atomic E-state index is 0.109. The highest BCUT2D eigenvalue weighted by atomic mass is 32.1. The zero-order chi connectivity index (χ0) is 14.8. The van der Waals surface area contributed by atoms with Gasteiger partial charge in [-0.3, -0.25) is 4.79 Å². The van der Waals surface area contributed by atoms with Crippen molar-refractivity contribution in [1.29, 1.82) is 0 Å². The summed E-state index contributed by atoms with van der Waals surface area (Å²) in [5.74, 6) is 0.109. The molecule has 0 bridgehead atoms. The van der Waals surface area contributed by atoms with Gasteiger partial charge in [0, 0.05) is 38.1 Å². The molecule has 1 aliphatic heterocycles. The summed E-state index contributed by atoms with van der Waals surface area (Å²) < 4.78 is 4.01. The van der Waals surface area contributed by atoms with E-state index in [1.165, 1.54) is 28.3 Å². The van der Waals surface area contributed by atoms with Crippen molar-refractivity contribution in [1.82, 2.24) is 9.27 Å². The summed E-state index contributed by atoms with van der Waals surface area (Å²) in [4.78, 5) is 17.3. The molecule has 4 nitrogen and oxygen atoms in total. The second-order valence-electron chi connectivity index (χ2n) is 5.37. The summed E-state index contributed by atoms with van der Waals surface area (Å²) >= 11 is 1.27. The SMILES string of the molecule is Cc1cccc(N2CCN(C(=O)c3ccns3)CC2)c1C. The van der Waals surface area contributed by atoms with E-state index in [0.29, 0.717) is 0 Å². The summed E-state index contributed by atoms with van der Waals surface area (Å²) in [7, 11) is 0. The molecule has 0 aliphatic carbocycles. The number of aryl methyl sites for hydroxylation is 1. The molecule has 110 valence electrons. The van der Waals surface area contributed by atoms with Crippen LogP contribution in [0, 0.1) is 13.8 Å². The fourth-order valence-corrected chi connectivity index (χ4v) is 3.27. The lowest BCUT2D eigenvalue weighted by Gasteiger charge is -2.36. The zero-order valence-electron chi connectivity index (χ0n) is 12.4. The van der Waals surface area contributed by atoms with Gasteiger partial charge in [0.2, 0.25) is 0 Å². The predicted octanol–water partition coefficient (Wildman–Crippen LogP) is 2.72. The molecule has 0 N–H and O–H groups in total. The summed E-state index contributed by atoms with van der Waals surface area (Å²) in [5, 5.41) is 0. The van der Waals surface area contributed by atoms with E-state index in [1.54, 1.807) is 12.3 Å². The van der Waals surface area contributed by atoms with Crippen LogP contribution in [-0.4, -0.2) is 41.4 Å². The van der Waals surface area contributed by atoms with Crippen LogP contribution < -0.4 is 4.90 Å². The number of carbonyl (C=O) groups is 1. The second-order valence-corrected chi connectivity index (χ2v) is 6.21. The van der Waals surface area contributed by atoms with Gasteiger partial charge in [0.15, 0.2) is 0 Å². The number of anilines is 1. The van der Waals surface area contributed by atoms with Gasteiger partial charge in [0.25, 0.3) is 5.91 Å². The van der Waals surface area contributed by atoms with Crippen molar-refractivity contribution in [3.05, 3.63) is 46.5 Å². The maximum atomic E-state index is 12.3. The minimum absolute atomic E-state index is 0.109. The number of rotatable bonds is 2. The lowest BCUT2D eigenvalue weighted by molar-refractivity contribution is 0.0751. The van der Waals surface area contributed by atoms with Crippen LogP contribution in [-0.2, 0) is 0 Å². The smallest absolute Gasteiger partial charge is 0.265 e. The average Bonchev–Trinajstić information content (AvgIpc) is 3.04. The number of hydrogen-bond acceptors (Lipinski definition) is 4. The maximum absolute atomic E-state index is 12.3. The third-order valence-electron chi connectivity index (χ3n) is 4.13. The van der Waals surface area contributed by atoms with Crippen LogP contribution in [0.15, 0.2) is 30.5 Å². The van der Waals surface area contributed by atoms with E-state index in [9.17, 15) is 4.79 Å². The molecule has 0 unspecified atom stereocenters. The zero-order valence-corrected chi connectivity index (χ0v) is 13.2. The fraction of sp³-hybridized carbons (Fsp3) is 0.375. The van der Waals surface area contributed by atoms with Gasteiger partial charge in [0.1, 0.15) is 4.88 Å². The fourth-order valence-electron chi connectivity index (χ4n) is 2.71. The van der Waals surface area contributed by atoms with E-state index in [1.807, 2.05) is 4.90 Å². The first-order valence-corrected chi connectivity index (χ1v) is 7.95. The van der Waals surface area contributed by atoms with Crippen LogP contribution in [0.25, 0.3) is 0 Å². The van der Waals surface area contributed by atoms with Gasteiger partial charge in [-0.05, 0) is 48.6 Å². The molecule has 3 rings (SSSR count). The molecule has 0 radical (unpaired) electrons. The van der Waals surface area contributed by atoms with Crippen molar-refractivity contribution in [3.8, 4) is 0 Å². The third-order valence-corrected chi connectivity index (χ3v) is 4.87. The van der Waals surface area contributed by atoms with E-state index < -0.39 is 0 Å². The molecule has 2 heterocycles. The number of piperazine rings is 1. The van der Waals surface area contributed by atoms with E-state index in [0.717, 1.165) is 31.1 Å². The quantitative estimate of drug-likeness (QED) is 0.856. The summed E-state index contributed by atoms with van der Waals surface area (Å²) in [6, 6.07) is 8.21. The molecule has 1 aliphatic rings. The van der Waals surface area contributed by atoms with Gasteiger partial charge in [-0.1, -0.05) is 12.1 Å². The standard InChI is InChI=1S/C16H19N3OS/c1-12-4-3-5-14(13(12)2)18-8-10-19(11-9-18)16(20)15-6-7-17-21-15/h3-7H,8-11H2,1-2H3. The van der Waals surface area contributed by atoms with Crippen molar-refractivity contribution in [2.45, 2.75) is 13.8 Å². The Bertz CT molecular complexity index is 631. The predicted molar refractivity (Wildman–Crippen MR) is 86.1 cm³/mol. The van der Waals surface area contributed by atoms with Crippen LogP contribution in [0.1, 0.15) is 20.8 Å². The minimum Gasteiger partial charge on any atom is -0.368 e. The molecule has 0 saturated carbocycles. The van der Waals surface area contributed by atoms with E-state index in [-0.39, 0.29) is 5.91 Å². The second kappa shape index (κ2) is 5.85. The van der Waals surface area contributed by atoms with Crippen LogP contribution in [0.3, 0.4) is 0 Å². The topological polar surface area (TPSA) is 36.4 Å². The molecule has 0 atom stereocenters. The van der Waals surface area contributed by atoms with Crippen molar-refractivity contribution in [2.24, 2.45) is 0 Å². The van der Waals surface area contributed by atoms with Crippen LogP contribution in [0.5, 0.6) is 0 Å². The molecule has 21 heavy (non-hydrogen) atoms. The van der Waals surface area contributed by atoms with Gasteiger partial charge in [-0.15, -0.1) is 0 Å². The number of hydrogen-bond donors (Lipinski definition) is 0. The van der Waals surface area contributed by atoms with Gasteiger partial charge in [-0.2, -0.15) is 0 Å². The number of amides is 1. The monoisotopic (exact) mass is 301 g/mol. The normalized spacial score (nSPS) is 15.3. The lowest BCUT2D eigenvalue weighted by atomic mass is 10.1. The molecule has 1 amide bonds. The van der Waals surface area contributed by atoms with Crippen molar-refractivity contribution >= 4 is 23.1 Å². The molecule has 0 spiro atoms. The summed E-state index contributed by atoms with van der Waals surface area (Å²) in [6.45, 7) is 7.61. The van der Waals surface area contributed by atoms with E-state index >= 15 is 0 Å². The molecule has 5 heteroatoms. The molecule has 1 fully saturated rings. The Balaban J connectivity index is 1.68. The Morgan fingerprint density at radius 3 is 2.57 bits per heavy atom. The number of aromatic nitrogens is 1. The Kier molecular flexibility index (Phi) is 3.92. The third kappa shape index (κ3) is 2.78.